The minimum Gasteiger partial charge on any atom is -0.455 e. The van der Waals surface area contributed by atoms with Crippen LogP contribution in [0.25, 0.3) is 105 Å². The van der Waals surface area contributed by atoms with Crippen LogP contribution in [-0.4, -0.2) is 19.1 Å². The summed E-state index contributed by atoms with van der Waals surface area (Å²) in [5, 5.41) is 5.54. The first kappa shape index (κ1) is 31.8. The number of para-hydroxylation sites is 6. The van der Waals surface area contributed by atoms with Gasteiger partial charge < -0.3 is 8.98 Å². The molecule has 1 aliphatic rings. The molecule has 4 aromatic heterocycles. The van der Waals surface area contributed by atoms with E-state index >= 15 is 0 Å². The number of rotatable bonds is 5. The monoisotopic (exact) mass is 730 g/mol. The van der Waals surface area contributed by atoms with Crippen molar-refractivity contribution in [3.8, 4) is 33.8 Å². The molecule has 0 radical (unpaired) electrons. The highest BCUT2D eigenvalue weighted by molar-refractivity contribution is 6.19. The molecule has 5 nitrogen and oxygen atoms in total. The van der Waals surface area contributed by atoms with E-state index in [1.807, 2.05) is 18.2 Å². The Morgan fingerprint density at radius 3 is 1.89 bits per heavy atom. The van der Waals surface area contributed by atoms with Crippen molar-refractivity contribution in [2.45, 2.75) is 12.8 Å². The largest absolute Gasteiger partial charge is 0.455 e. The van der Waals surface area contributed by atoms with Crippen LogP contribution in [0.15, 0.2) is 186 Å². The molecule has 0 saturated carbocycles. The first-order chi connectivity index (χ1) is 28.3. The second-order valence-corrected chi connectivity index (χ2v) is 14.9. The Balaban J connectivity index is 1.11. The van der Waals surface area contributed by atoms with Gasteiger partial charge in [-0.3, -0.25) is 4.57 Å². The highest BCUT2D eigenvalue weighted by Crippen LogP contribution is 2.42. The lowest BCUT2D eigenvalue weighted by Crippen LogP contribution is -2.02. The molecule has 0 bridgehead atoms. The standard InChI is InChI=1S/C52H34N4O/c1-2-14-34(15-3-1)52-54-44-21-9-12-24-47(44)56(52)37-28-26-33(27-29-37)35-30-36(32-38(31-35)55-45-22-10-5-16-39(45)40-17-6-11-23-46(40)55)50-49-42-19-7-13-25-48(42)57-51(49)41-18-4-8-20-43(41)53-50/h1-2,4-14,16-32H,3,15H2. The van der Waals surface area contributed by atoms with E-state index < -0.39 is 0 Å². The van der Waals surface area contributed by atoms with Crippen LogP contribution in [0, 0.1) is 0 Å². The third kappa shape index (κ3) is 4.95. The Morgan fingerprint density at radius 1 is 0.491 bits per heavy atom. The normalized spacial score (nSPS) is 13.2. The maximum atomic E-state index is 6.63. The third-order valence-electron chi connectivity index (χ3n) is 11.6. The van der Waals surface area contributed by atoms with Crippen molar-refractivity contribution >= 4 is 71.3 Å². The SMILES string of the molecule is C1=CCCC(c2nc3ccccc3n2-c2ccc(-c3cc(-c4nc5ccccc5c5oc6ccccc6c45)cc(-n4c5ccccc5c5ccccc54)c3)cc2)=C1. The van der Waals surface area contributed by atoms with E-state index in [4.69, 9.17) is 14.4 Å². The van der Waals surface area contributed by atoms with Crippen LogP contribution in [-0.2, 0) is 0 Å². The van der Waals surface area contributed by atoms with E-state index in [1.54, 1.807) is 0 Å². The Bertz CT molecular complexity index is 3410. The second-order valence-electron chi connectivity index (χ2n) is 14.9. The van der Waals surface area contributed by atoms with E-state index in [9.17, 15) is 0 Å². The topological polar surface area (TPSA) is 48.8 Å². The molecule has 0 fully saturated rings. The minimum atomic E-state index is 0.854. The minimum absolute atomic E-state index is 0.854. The molecule has 5 heteroatoms. The molecule has 0 saturated heterocycles. The molecule has 0 atom stereocenters. The lowest BCUT2D eigenvalue weighted by Gasteiger charge is -2.16. The summed E-state index contributed by atoms with van der Waals surface area (Å²) in [6.45, 7) is 0. The number of pyridine rings is 1. The first-order valence-corrected chi connectivity index (χ1v) is 19.6. The predicted molar refractivity (Wildman–Crippen MR) is 235 cm³/mol. The van der Waals surface area contributed by atoms with Crippen molar-refractivity contribution in [2.75, 3.05) is 0 Å². The zero-order valence-electron chi connectivity index (χ0n) is 30.9. The maximum absolute atomic E-state index is 6.63. The molecule has 1 aliphatic carbocycles. The molecule has 0 unspecified atom stereocenters. The molecule has 0 aliphatic heterocycles. The number of imidazole rings is 1. The van der Waals surface area contributed by atoms with E-state index in [1.165, 1.54) is 16.3 Å². The number of hydrogen-bond acceptors (Lipinski definition) is 3. The quantitative estimate of drug-likeness (QED) is 0.177. The summed E-state index contributed by atoms with van der Waals surface area (Å²) in [5.41, 5.74) is 14.6. The molecule has 0 N–H and O–H groups in total. The van der Waals surface area contributed by atoms with Gasteiger partial charge in [-0.25, -0.2) is 9.97 Å². The summed E-state index contributed by atoms with van der Waals surface area (Å²) in [4.78, 5) is 10.6. The molecule has 7 aromatic carbocycles. The number of fused-ring (bicyclic) bond motifs is 9. The van der Waals surface area contributed by atoms with Crippen molar-refractivity contribution in [1.82, 2.24) is 19.1 Å². The van der Waals surface area contributed by atoms with Gasteiger partial charge in [0, 0.05) is 38.5 Å². The fourth-order valence-corrected chi connectivity index (χ4v) is 8.96. The average Bonchev–Trinajstić information content (AvgIpc) is 3.97. The summed E-state index contributed by atoms with van der Waals surface area (Å²) < 4.78 is 11.3. The zero-order valence-corrected chi connectivity index (χ0v) is 30.9. The first-order valence-electron chi connectivity index (χ1n) is 19.6. The van der Waals surface area contributed by atoms with Gasteiger partial charge in [0.2, 0.25) is 0 Å². The highest BCUT2D eigenvalue weighted by atomic mass is 16.3. The number of nitrogens with zero attached hydrogens (tertiary/aromatic N) is 4. The van der Waals surface area contributed by atoms with Gasteiger partial charge in [-0.05, 0) is 102 Å². The molecule has 268 valence electrons. The summed E-state index contributed by atoms with van der Waals surface area (Å²) in [6.07, 6.45) is 8.57. The molecule has 0 amide bonds. The number of hydrogen-bond donors (Lipinski definition) is 0. The van der Waals surface area contributed by atoms with Gasteiger partial charge in [0.15, 0.2) is 0 Å². The lowest BCUT2D eigenvalue weighted by molar-refractivity contribution is 0.672. The van der Waals surface area contributed by atoms with E-state index in [0.29, 0.717) is 0 Å². The summed E-state index contributed by atoms with van der Waals surface area (Å²) >= 11 is 0. The van der Waals surface area contributed by atoms with Crippen molar-refractivity contribution in [3.05, 3.63) is 188 Å². The summed E-state index contributed by atoms with van der Waals surface area (Å²) in [6, 6.07) is 58.3. The predicted octanol–water partition coefficient (Wildman–Crippen LogP) is 13.6. The number of furan rings is 1. The van der Waals surface area contributed by atoms with E-state index in [0.717, 1.165) is 107 Å². The van der Waals surface area contributed by atoms with Crippen LogP contribution in [0.1, 0.15) is 18.7 Å². The fourth-order valence-electron chi connectivity index (χ4n) is 8.96. The number of allylic oxidation sites excluding steroid dienone is 4. The molecule has 11 aromatic rings. The lowest BCUT2D eigenvalue weighted by atomic mass is 9.97. The van der Waals surface area contributed by atoms with Gasteiger partial charge in [0.25, 0.3) is 0 Å². The summed E-state index contributed by atoms with van der Waals surface area (Å²) in [5.74, 6) is 1.00. The van der Waals surface area contributed by atoms with Crippen molar-refractivity contribution in [3.63, 3.8) is 0 Å². The van der Waals surface area contributed by atoms with Gasteiger partial charge in [0.05, 0.1) is 38.7 Å². The molecular formula is C52H34N4O. The highest BCUT2D eigenvalue weighted by Gasteiger charge is 2.21. The molecule has 12 rings (SSSR count). The van der Waals surface area contributed by atoms with Crippen molar-refractivity contribution in [2.24, 2.45) is 0 Å². The van der Waals surface area contributed by atoms with Gasteiger partial charge in [-0.1, -0.05) is 109 Å². The Morgan fingerprint density at radius 2 is 1.14 bits per heavy atom. The summed E-state index contributed by atoms with van der Waals surface area (Å²) in [7, 11) is 0. The van der Waals surface area contributed by atoms with E-state index in [-0.39, 0.29) is 0 Å². The van der Waals surface area contributed by atoms with Crippen LogP contribution < -0.4 is 0 Å². The zero-order chi connectivity index (χ0) is 37.5. The third-order valence-corrected chi connectivity index (χ3v) is 11.6. The van der Waals surface area contributed by atoms with Gasteiger partial charge in [0.1, 0.15) is 17.0 Å². The van der Waals surface area contributed by atoms with Crippen LogP contribution in [0.2, 0.25) is 0 Å². The van der Waals surface area contributed by atoms with E-state index in [2.05, 4.69) is 173 Å². The van der Waals surface area contributed by atoms with Gasteiger partial charge in [-0.2, -0.15) is 0 Å². The number of aromatic nitrogens is 4. The Labute approximate surface area is 328 Å². The van der Waals surface area contributed by atoms with Gasteiger partial charge in [-0.15, -0.1) is 0 Å². The molecule has 0 spiro atoms. The average molecular weight is 731 g/mol. The van der Waals surface area contributed by atoms with Crippen LogP contribution in [0.5, 0.6) is 0 Å². The Kier molecular flexibility index (Phi) is 6.99. The maximum Gasteiger partial charge on any atom is 0.147 e. The smallest absolute Gasteiger partial charge is 0.147 e. The molecular weight excluding hydrogens is 697 g/mol. The second kappa shape index (κ2) is 12.5. The van der Waals surface area contributed by atoms with Crippen LogP contribution >= 0.6 is 0 Å². The van der Waals surface area contributed by atoms with Crippen LogP contribution in [0.3, 0.4) is 0 Å². The van der Waals surface area contributed by atoms with Crippen LogP contribution in [0.4, 0.5) is 0 Å². The van der Waals surface area contributed by atoms with Crippen molar-refractivity contribution < 1.29 is 4.42 Å². The molecule has 57 heavy (non-hydrogen) atoms. The Hall–Kier alpha value is -7.50. The number of benzene rings is 7. The fraction of sp³-hybridized carbons (Fsp3) is 0.0385. The van der Waals surface area contributed by atoms with Gasteiger partial charge >= 0.3 is 0 Å². The van der Waals surface area contributed by atoms with Crippen molar-refractivity contribution in [1.29, 1.82) is 0 Å². The molecule has 4 heterocycles.